The first-order valence-corrected chi connectivity index (χ1v) is 5.69. The van der Waals surface area contributed by atoms with Crippen molar-refractivity contribution in [3.8, 4) is 11.5 Å². The van der Waals surface area contributed by atoms with Crippen LogP contribution in [0, 0.1) is 0 Å². The summed E-state index contributed by atoms with van der Waals surface area (Å²) in [5.74, 6) is 1.40. The molecule has 0 saturated heterocycles. The molecule has 0 bridgehead atoms. The maximum absolute atomic E-state index is 11.4. The summed E-state index contributed by atoms with van der Waals surface area (Å²) in [4.78, 5) is 11.4. The average Bonchev–Trinajstić information content (AvgIpc) is 2.69. The lowest BCUT2D eigenvalue weighted by Crippen LogP contribution is -1.92. The number of Topliss-reactive ketones (excluding diaryl/α,β-unsaturated/α-hetero) is 1. The van der Waals surface area contributed by atoms with Gasteiger partial charge in [0.1, 0.15) is 0 Å². The summed E-state index contributed by atoms with van der Waals surface area (Å²) >= 11 is 1.53. The molecule has 0 saturated carbocycles. The Kier molecular flexibility index (Phi) is 2.83. The molecule has 0 aliphatic rings. The normalized spacial score (nSPS) is 10.4. The lowest BCUT2D eigenvalue weighted by Gasteiger charge is -2.07. The van der Waals surface area contributed by atoms with Crippen LogP contribution in [0.3, 0.4) is 0 Å². The minimum Gasteiger partial charge on any atom is -0.493 e. The van der Waals surface area contributed by atoms with E-state index in [-0.39, 0.29) is 5.78 Å². The standard InChI is InChI=1S/C12H12O3S/c1-7(13)9-6-16-12-5-11(15-3)10(14-2)4-8(9)12/h4-6H,1-3H3. The smallest absolute Gasteiger partial charge is 0.162 e. The Balaban J connectivity index is 2.71. The first-order valence-electron chi connectivity index (χ1n) is 4.81. The maximum Gasteiger partial charge on any atom is 0.162 e. The summed E-state index contributed by atoms with van der Waals surface area (Å²) in [5.41, 5.74) is 0.737. The van der Waals surface area contributed by atoms with Crippen LogP contribution in [0.4, 0.5) is 0 Å². The molecule has 0 atom stereocenters. The second-order valence-electron chi connectivity index (χ2n) is 3.41. The Morgan fingerprint density at radius 1 is 1.19 bits per heavy atom. The van der Waals surface area contributed by atoms with Crippen molar-refractivity contribution in [1.82, 2.24) is 0 Å². The summed E-state index contributed by atoms with van der Waals surface area (Å²) in [5, 5.41) is 2.79. The van der Waals surface area contributed by atoms with E-state index in [2.05, 4.69) is 0 Å². The van der Waals surface area contributed by atoms with Gasteiger partial charge < -0.3 is 9.47 Å². The highest BCUT2D eigenvalue weighted by molar-refractivity contribution is 7.17. The molecule has 0 N–H and O–H groups in total. The zero-order valence-electron chi connectivity index (χ0n) is 9.37. The number of thiophene rings is 1. The van der Waals surface area contributed by atoms with Gasteiger partial charge in [-0.15, -0.1) is 11.3 Å². The molecule has 0 fully saturated rings. The van der Waals surface area contributed by atoms with Crippen molar-refractivity contribution in [2.24, 2.45) is 0 Å². The van der Waals surface area contributed by atoms with Crippen LogP contribution >= 0.6 is 11.3 Å². The van der Waals surface area contributed by atoms with E-state index in [0.717, 1.165) is 15.6 Å². The summed E-state index contributed by atoms with van der Waals surface area (Å²) in [6.45, 7) is 1.57. The number of hydrogen-bond acceptors (Lipinski definition) is 4. The first-order chi connectivity index (χ1) is 7.67. The van der Waals surface area contributed by atoms with Gasteiger partial charge in [0.25, 0.3) is 0 Å². The average molecular weight is 236 g/mol. The zero-order valence-corrected chi connectivity index (χ0v) is 10.2. The van der Waals surface area contributed by atoms with E-state index in [1.165, 1.54) is 11.3 Å². The van der Waals surface area contributed by atoms with Gasteiger partial charge in [0.2, 0.25) is 0 Å². The SMILES string of the molecule is COc1cc2scc(C(C)=O)c2cc1OC. The molecule has 0 unspecified atom stereocenters. The molecule has 0 amide bonds. The van der Waals surface area contributed by atoms with Crippen LogP contribution in [0.5, 0.6) is 11.5 Å². The van der Waals surface area contributed by atoms with Gasteiger partial charge >= 0.3 is 0 Å². The molecular formula is C12H12O3S. The number of carbonyl (C=O) groups excluding carboxylic acids is 1. The van der Waals surface area contributed by atoms with E-state index < -0.39 is 0 Å². The predicted molar refractivity (Wildman–Crippen MR) is 64.9 cm³/mol. The molecule has 2 rings (SSSR count). The van der Waals surface area contributed by atoms with Gasteiger partial charge in [-0.2, -0.15) is 0 Å². The van der Waals surface area contributed by atoms with Gasteiger partial charge in [0, 0.05) is 27.1 Å². The summed E-state index contributed by atoms with van der Waals surface area (Å²) in [6.07, 6.45) is 0. The Morgan fingerprint density at radius 3 is 2.38 bits per heavy atom. The van der Waals surface area contributed by atoms with Gasteiger partial charge in [-0.1, -0.05) is 0 Å². The van der Waals surface area contributed by atoms with Crippen molar-refractivity contribution < 1.29 is 14.3 Å². The number of ketones is 1. The van der Waals surface area contributed by atoms with Gasteiger partial charge in [-0.05, 0) is 13.0 Å². The van der Waals surface area contributed by atoms with Crippen LogP contribution < -0.4 is 9.47 Å². The predicted octanol–water partition coefficient (Wildman–Crippen LogP) is 3.12. The highest BCUT2D eigenvalue weighted by Gasteiger charge is 2.12. The van der Waals surface area contributed by atoms with Crippen molar-refractivity contribution >= 4 is 27.2 Å². The van der Waals surface area contributed by atoms with Crippen molar-refractivity contribution in [2.45, 2.75) is 6.92 Å². The van der Waals surface area contributed by atoms with Crippen molar-refractivity contribution in [1.29, 1.82) is 0 Å². The third-order valence-corrected chi connectivity index (χ3v) is 3.40. The molecule has 0 aliphatic heterocycles. The number of rotatable bonds is 3. The molecular weight excluding hydrogens is 224 g/mol. The number of hydrogen-bond donors (Lipinski definition) is 0. The maximum atomic E-state index is 11.4. The van der Waals surface area contributed by atoms with Gasteiger partial charge in [-0.3, -0.25) is 4.79 Å². The molecule has 1 aromatic heterocycles. The lowest BCUT2D eigenvalue weighted by atomic mass is 10.1. The topological polar surface area (TPSA) is 35.5 Å². The molecule has 1 heterocycles. The quantitative estimate of drug-likeness (QED) is 0.768. The van der Waals surface area contributed by atoms with Crippen LogP contribution in [0.25, 0.3) is 10.1 Å². The monoisotopic (exact) mass is 236 g/mol. The van der Waals surface area contributed by atoms with Gasteiger partial charge in [0.15, 0.2) is 17.3 Å². The molecule has 0 spiro atoms. The Labute approximate surface area is 97.6 Å². The largest absolute Gasteiger partial charge is 0.493 e. The molecule has 16 heavy (non-hydrogen) atoms. The van der Waals surface area contributed by atoms with E-state index in [9.17, 15) is 4.79 Å². The minimum absolute atomic E-state index is 0.0680. The summed E-state index contributed by atoms with van der Waals surface area (Å²) < 4.78 is 11.5. The van der Waals surface area contributed by atoms with Crippen molar-refractivity contribution in [2.75, 3.05) is 14.2 Å². The summed E-state index contributed by atoms with van der Waals surface area (Å²) in [6, 6.07) is 3.74. The Bertz CT molecular complexity index is 542. The number of benzene rings is 1. The number of fused-ring (bicyclic) bond motifs is 1. The van der Waals surface area contributed by atoms with Crippen LogP contribution in [0.2, 0.25) is 0 Å². The Morgan fingerprint density at radius 2 is 1.81 bits per heavy atom. The van der Waals surface area contributed by atoms with E-state index >= 15 is 0 Å². The van der Waals surface area contributed by atoms with Crippen LogP contribution in [-0.2, 0) is 0 Å². The minimum atomic E-state index is 0.0680. The highest BCUT2D eigenvalue weighted by atomic mass is 32.1. The van der Waals surface area contributed by atoms with E-state index in [4.69, 9.17) is 9.47 Å². The third-order valence-electron chi connectivity index (χ3n) is 2.46. The molecule has 4 heteroatoms. The summed E-state index contributed by atoms with van der Waals surface area (Å²) in [7, 11) is 3.19. The fraction of sp³-hybridized carbons (Fsp3) is 0.250. The molecule has 3 nitrogen and oxygen atoms in total. The van der Waals surface area contributed by atoms with Crippen molar-refractivity contribution in [3.63, 3.8) is 0 Å². The Hall–Kier alpha value is -1.55. The molecule has 1 aromatic carbocycles. The van der Waals surface area contributed by atoms with E-state index in [1.807, 2.05) is 17.5 Å². The molecule has 0 aliphatic carbocycles. The number of carbonyl (C=O) groups is 1. The molecule has 2 aromatic rings. The van der Waals surface area contributed by atoms with Gasteiger partial charge in [-0.25, -0.2) is 0 Å². The number of ether oxygens (including phenoxy) is 2. The van der Waals surface area contributed by atoms with Crippen LogP contribution in [0.15, 0.2) is 17.5 Å². The second-order valence-corrected chi connectivity index (χ2v) is 4.32. The zero-order chi connectivity index (χ0) is 11.7. The molecule has 84 valence electrons. The van der Waals surface area contributed by atoms with Gasteiger partial charge in [0.05, 0.1) is 14.2 Å². The fourth-order valence-corrected chi connectivity index (χ4v) is 2.64. The first kappa shape index (κ1) is 11.0. The van der Waals surface area contributed by atoms with E-state index in [0.29, 0.717) is 11.5 Å². The van der Waals surface area contributed by atoms with Crippen LogP contribution in [0.1, 0.15) is 17.3 Å². The second kappa shape index (κ2) is 4.14. The third kappa shape index (κ3) is 1.65. The highest BCUT2D eigenvalue weighted by Crippen LogP contribution is 2.36. The van der Waals surface area contributed by atoms with Crippen LogP contribution in [-0.4, -0.2) is 20.0 Å². The van der Waals surface area contributed by atoms with Crippen molar-refractivity contribution in [3.05, 3.63) is 23.1 Å². The number of methoxy groups -OCH3 is 2. The molecule has 0 radical (unpaired) electrons. The van der Waals surface area contributed by atoms with E-state index in [1.54, 1.807) is 21.1 Å². The fourth-order valence-electron chi connectivity index (χ4n) is 1.63. The lowest BCUT2D eigenvalue weighted by molar-refractivity contribution is 0.101.